The summed E-state index contributed by atoms with van der Waals surface area (Å²) in [6.45, 7) is 2.12. The van der Waals surface area contributed by atoms with Gasteiger partial charge in [0.15, 0.2) is 0 Å². The highest BCUT2D eigenvalue weighted by Crippen LogP contribution is 2.07. The lowest BCUT2D eigenvalue weighted by Gasteiger charge is -2.04. The highest BCUT2D eigenvalue weighted by atomic mass is 35.5. The van der Waals surface area contributed by atoms with E-state index in [1.165, 1.54) is 0 Å². The number of halogens is 2. The first-order valence-corrected chi connectivity index (χ1v) is 6.69. The number of anilines is 1. The number of pyridine rings is 1. The van der Waals surface area contributed by atoms with Crippen molar-refractivity contribution in [3.8, 4) is 0 Å². The molecule has 2 rings (SSSR count). The number of hydrogen-bond donors (Lipinski definition) is 2. The van der Waals surface area contributed by atoms with Crippen molar-refractivity contribution in [1.29, 1.82) is 0 Å². The molecule has 0 aliphatic heterocycles. The van der Waals surface area contributed by atoms with E-state index in [0.29, 0.717) is 25.4 Å². The molecule has 2 aromatic heterocycles. The van der Waals surface area contributed by atoms with Gasteiger partial charge in [-0.2, -0.15) is 5.10 Å². The number of ether oxygens (including phenoxy) is 1. The summed E-state index contributed by atoms with van der Waals surface area (Å²) in [4.78, 5) is 15.7. The van der Waals surface area contributed by atoms with E-state index in [4.69, 9.17) is 4.74 Å². The van der Waals surface area contributed by atoms with Crippen LogP contribution in [0, 0.1) is 0 Å². The van der Waals surface area contributed by atoms with E-state index in [2.05, 4.69) is 20.7 Å². The molecule has 0 fully saturated rings. The Morgan fingerprint density at radius 1 is 1.30 bits per heavy atom. The van der Waals surface area contributed by atoms with E-state index in [-0.39, 0.29) is 37.3 Å². The van der Waals surface area contributed by atoms with Crippen LogP contribution in [0.2, 0.25) is 0 Å². The van der Waals surface area contributed by atoms with Crippen LogP contribution in [0.1, 0.15) is 5.56 Å². The minimum atomic E-state index is -0.102. The van der Waals surface area contributed by atoms with Crippen LogP contribution in [0.3, 0.4) is 0 Å². The average molecular weight is 362 g/mol. The predicted octanol–water partition coefficient (Wildman–Crippen LogP) is 1.34. The molecule has 9 heteroatoms. The first kappa shape index (κ1) is 21.3. The van der Waals surface area contributed by atoms with E-state index < -0.39 is 0 Å². The smallest absolute Gasteiger partial charge is 0.238 e. The van der Waals surface area contributed by atoms with Gasteiger partial charge in [-0.1, -0.05) is 0 Å². The molecule has 0 saturated heterocycles. The van der Waals surface area contributed by atoms with Gasteiger partial charge in [-0.25, -0.2) is 0 Å². The third-order valence-corrected chi connectivity index (χ3v) is 2.78. The third-order valence-electron chi connectivity index (χ3n) is 2.78. The van der Waals surface area contributed by atoms with Crippen LogP contribution in [0.5, 0.6) is 0 Å². The van der Waals surface area contributed by atoms with E-state index in [0.717, 1.165) is 5.56 Å². The van der Waals surface area contributed by atoms with Crippen molar-refractivity contribution in [2.45, 2.75) is 6.54 Å². The van der Waals surface area contributed by atoms with Gasteiger partial charge in [-0.05, 0) is 17.7 Å². The van der Waals surface area contributed by atoms with Gasteiger partial charge >= 0.3 is 0 Å². The number of hydrogen-bond acceptors (Lipinski definition) is 5. The highest BCUT2D eigenvalue weighted by molar-refractivity contribution is 5.91. The van der Waals surface area contributed by atoms with Crippen molar-refractivity contribution in [2.75, 3.05) is 32.1 Å². The lowest BCUT2D eigenvalue weighted by atomic mass is 10.3. The van der Waals surface area contributed by atoms with Gasteiger partial charge in [0, 0.05) is 32.2 Å². The summed E-state index contributed by atoms with van der Waals surface area (Å²) in [7, 11) is 1.62. The fraction of sp³-hybridized carbons (Fsp3) is 0.357. The molecule has 23 heavy (non-hydrogen) atoms. The number of nitrogens with one attached hydrogen (secondary N) is 2. The van der Waals surface area contributed by atoms with Crippen LogP contribution in [-0.2, 0) is 16.1 Å². The van der Waals surface area contributed by atoms with Crippen LogP contribution in [-0.4, -0.2) is 47.5 Å². The predicted molar refractivity (Wildman–Crippen MR) is 93.4 cm³/mol. The Balaban J connectivity index is 0.00000242. The lowest BCUT2D eigenvalue weighted by molar-refractivity contribution is -0.115. The largest absolute Gasteiger partial charge is 0.383 e. The Labute approximate surface area is 147 Å². The number of rotatable bonds is 8. The van der Waals surface area contributed by atoms with Gasteiger partial charge in [-0.3, -0.25) is 14.5 Å². The van der Waals surface area contributed by atoms with Crippen LogP contribution in [0.25, 0.3) is 0 Å². The number of aromatic nitrogens is 3. The summed E-state index contributed by atoms with van der Waals surface area (Å²) >= 11 is 0. The molecular weight excluding hydrogens is 341 g/mol. The second kappa shape index (κ2) is 11.8. The maximum absolute atomic E-state index is 11.7. The van der Waals surface area contributed by atoms with Crippen LogP contribution in [0.15, 0.2) is 36.9 Å². The van der Waals surface area contributed by atoms with E-state index >= 15 is 0 Å². The van der Waals surface area contributed by atoms with Crippen molar-refractivity contribution in [3.05, 3.63) is 42.5 Å². The van der Waals surface area contributed by atoms with Gasteiger partial charge in [0.25, 0.3) is 0 Å². The zero-order chi connectivity index (χ0) is 14.9. The van der Waals surface area contributed by atoms with Crippen molar-refractivity contribution < 1.29 is 9.53 Å². The summed E-state index contributed by atoms with van der Waals surface area (Å²) in [6, 6.07) is 3.86. The molecule has 0 aliphatic carbocycles. The first-order valence-electron chi connectivity index (χ1n) is 6.69. The van der Waals surface area contributed by atoms with Gasteiger partial charge < -0.3 is 15.4 Å². The number of methoxy groups -OCH3 is 1. The summed E-state index contributed by atoms with van der Waals surface area (Å²) in [5.74, 6) is -0.102. The molecule has 7 nitrogen and oxygen atoms in total. The summed E-state index contributed by atoms with van der Waals surface area (Å²) < 4.78 is 6.66. The molecule has 128 valence electrons. The second-order valence-electron chi connectivity index (χ2n) is 4.50. The number of nitrogens with zero attached hydrogens (tertiary/aromatic N) is 3. The lowest BCUT2D eigenvalue weighted by Crippen LogP contribution is -2.30. The Bertz CT molecular complexity index is 565. The normalized spacial score (nSPS) is 9.61. The Morgan fingerprint density at radius 2 is 2.04 bits per heavy atom. The fourth-order valence-corrected chi connectivity index (χ4v) is 1.77. The maximum Gasteiger partial charge on any atom is 0.238 e. The summed E-state index contributed by atoms with van der Waals surface area (Å²) in [6.07, 6.45) is 6.92. The van der Waals surface area contributed by atoms with Gasteiger partial charge in [0.1, 0.15) is 0 Å². The summed E-state index contributed by atoms with van der Waals surface area (Å²) in [5, 5.41) is 9.98. The molecule has 2 heterocycles. The molecule has 0 aliphatic rings. The van der Waals surface area contributed by atoms with Crippen molar-refractivity contribution in [1.82, 2.24) is 20.1 Å². The monoisotopic (exact) mass is 361 g/mol. The Morgan fingerprint density at radius 3 is 2.74 bits per heavy atom. The van der Waals surface area contributed by atoms with Gasteiger partial charge in [0.2, 0.25) is 5.91 Å². The maximum atomic E-state index is 11.7. The zero-order valence-electron chi connectivity index (χ0n) is 12.8. The molecule has 0 saturated carbocycles. The fourth-order valence-electron chi connectivity index (χ4n) is 1.77. The number of amides is 1. The average Bonchev–Trinajstić information content (AvgIpc) is 2.92. The molecule has 2 aromatic rings. The van der Waals surface area contributed by atoms with Crippen molar-refractivity contribution in [3.63, 3.8) is 0 Å². The standard InChI is InChI=1S/C14H19N5O2.2ClH/c1-21-7-6-16-9-14(20)18-13-8-17-19(11-13)10-12-2-4-15-5-3-12;;/h2-5,8,11,16H,6-7,9-10H2,1H3,(H,18,20);2*1H. The Kier molecular flexibility index (Phi) is 11.0. The Hall–Kier alpha value is -1.67. The zero-order valence-corrected chi connectivity index (χ0v) is 14.4. The van der Waals surface area contributed by atoms with Gasteiger partial charge in [-0.15, -0.1) is 24.8 Å². The minimum Gasteiger partial charge on any atom is -0.383 e. The molecule has 0 spiro atoms. The quantitative estimate of drug-likeness (QED) is 0.693. The topological polar surface area (TPSA) is 81.1 Å². The molecule has 0 aromatic carbocycles. The summed E-state index contributed by atoms with van der Waals surface area (Å²) in [5.41, 5.74) is 1.79. The second-order valence-corrected chi connectivity index (χ2v) is 4.50. The van der Waals surface area contributed by atoms with Crippen LogP contribution in [0.4, 0.5) is 5.69 Å². The molecule has 0 radical (unpaired) electrons. The molecule has 0 atom stereocenters. The third kappa shape index (κ3) is 7.94. The first-order chi connectivity index (χ1) is 10.3. The van der Waals surface area contributed by atoms with Crippen molar-refractivity contribution >= 4 is 36.4 Å². The van der Waals surface area contributed by atoms with Crippen LogP contribution >= 0.6 is 24.8 Å². The SMILES string of the molecule is COCCNCC(=O)Nc1cnn(Cc2ccncc2)c1.Cl.Cl. The molecule has 2 N–H and O–H groups in total. The minimum absolute atomic E-state index is 0. The molecular formula is C14H21Cl2N5O2. The van der Waals surface area contributed by atoms with E-state index in [9.17, 15) is 4.79 Å². The van der Waals surface area contributed by atoms with Gasteiger partial charge in [0.05, 0.1) is 31.6 Å². The molecule has 0 unspecified atom stereocenters. The molecule has 0 bridgehead atoms. The number of carbonyl (C=O) groups is 1. The van der Waals surface area contributed by atoms with Crippen molar-refractivity contribution in [2.24, 2.45) is 0 Å². The highest BCUT2D eigenvalue weighted by Gasteiger charge is 2.04. The molecule has 1 amide bonds. The van der Waals surface area contributed by atoms with E-state index in [1.807, 2.05) is 12.1 Å². The van der Waals surface area contributed by atoms with Crippen LogP contribution < -0.4 is 10.6 Å². The number of carbonyl (C=O) groups excluding carboxylic acids is 1. The van der Waals surface area contributed by atoms with E-state index in [1.54, 1.807) is 36.6 Å².